The molecule has 0 aromatic carbocycles. The fourth-order valence-electron chi connectivity index (χ4n) is 1.55. The van der Waals surface area contributed by atoms with E-state index in [0.717, 1.165) is 12.3 Å². The van der Waals surface area contributed by atoms with Crippen molar-refractivity contribution in [2.24, 2.45) is 0 Å². The molecule has 2 heterocycles. The van der Waals surface area contributed by atoms with Crippen molar-refractivity contribution in [3.8, 4) is 5.82 Å². The molecule has 0 saturated heterocycles. The molecular formula is C10H9BF3N3O2. The summed E-state index contributed by atoms with van der Waals surface area (Å²) in [6.07, 6.45) is -3.46. The van der Waals surface area contributed by atoms with E-state index in [-0.39, 0.29) is 17.0 Å². The number of aromatic nitrogens is 3. The van der Waals surface area contributed by atoms with Gasteiger partial charge in [0.05, 0.1) is 5.69 Å². The molecule has 5 nitrogen and oxygen atoms in total. The molecule has 9 heteroatoms. The van der Waals surface area contributed by atoms with Gasteiger partial charge < -0.3 is 10.0 Å². The average molecular weight is 271 g/mol. The summed E-state index contributed by atoms with van der Waals surface area (Å²) in [6, 6.07) is 3.41. The van der Waals surface area contributed by atoms with Crippen LogP contribution in [-0.2, 0) is 6.18 Å². The Kier molecular flexibility index (Phi) is 3.33. The molecule has 0 aliphatic carbocycles. The molecule has 0 aliphatic heterocycles. The lowest BCUT2D eigenvalue weighted by Crippen LogP contribution is -2.30. The fourth-order valence-corrected chi connectivity index (χ4v) is 1.55. The SMILES string of the molecule is Cc1cc(C(F)(F)F)n(-c2ccc(B(O)O)cn2)n1. The standard InChI is InChI=1S/C10H9BF3N3O2/c1-6-4-8(10(12,13)14)17(16-6)9-3-2-7(5-15-9)11(18)19/h2-5,18-19H,1H3. The molecule has 0 spiro atoms. The minimum absolute atomic E-state index is 0.0511. The van der Waals surface area contributed by atoms with Crippen molar-refractivity contribution in [2.75, 3.05) is 0 Å². The number of nitrogens with zero attached hydrogens (tertiary/aromatic N) is 3. The molecule has 0 unspecified atom stereocenters. The first-order chi connectivity index (χ1) is 8.79. The molecule has 19 heavy (non-hydrogen) atoms. The van der Waals surface area contributed by atoms with Crippen molar-refractivity contribution in [3.05, 3.63) is 35.8 Å². The lowest BCUT2D eigenvalue weighted by molar-refractivity contribution is -0.142. The van der Waals surface area contributed by atoms with E-state index in [1.54, 1.807) is 0 Å². The van der Waals surface area contributed by atoms with Gasteiger partial charge >= 0.3 is 13.3 Å². The summed E-state index contributed by atoms with van der Waals surface area (Å²) in [5.41, 5.74) is -0.642. The molecule has 0 saturated carbocycles. The van der Waals surface area contributed by atoms with Gasteiger partial charge in [0.15, 0.2) is 5.82 Å². The summed E-state index contributed by atoms with van der Waals surface area (Å²) >= 11 is 0. The van der Waals surface area contributed by atoms with Gasteiger partial charge in [-0.3, -0.25) is 0 Å². The molecule has 0 atom stereocenters. The third-order valence-electron chi connectivity index (χ3n) is 2.41. The Morgan fingerprint density at radius 3 is 2.42 bits per heavy atom. The minimum atomic E-state index is -4.54. The van der Waals surface area contributed by atoms with E-state index in [1.807, 2.05) is 0 Å². The van der Waals surface area contributed by atoms with Crippen LogP contribution in [0, 0.1) is 6.92 Å². The highest BCUT2D eigenvalue weighted by Gasteiger charge is 2.36. The van der Waals surface area contributed by atoms with Crippen molar-refractivity contribution >= 4 is 12.6 Å². The first-order valence-corrected chi connectivity index (χ1v) is 5.25. The Morgan fingerprint density at radius 2 is 1.95 bits per heavy atom. The number of pyridine rings is 1. The molecule has 2 N–H and O–H groups in total. The smallest absolute Gasteiger partial charge is 0.423 e. The summed E-state index contributed by atoms with van der Waals surface area (Å²) in [5, 5.41) is 21.5. The average Bonchev–Trinajstić information content (AvgIpc) is 2.71. The molecule has 0 amide bonds. The predicted octanol–water partition coefficient (Wildman–Crippen LogP) is 0.274. The molecule has 2 aromatic heterocycles. The summed E-state index contributed by atoms with van der Waals surface area (Å²) in [7, 11) is -1.72. The van der Waals surface area contributed by atoms with E-state index in [1.165, 1.54) is 19.1 Å². The van der Waals surface area contributed by atoms with Gasteiger partial charge in [0, 0.05) is 11.7 Å². The highest BCUT2D eigenvalue weighted by atomic mass is 19.4. The summed E-state index contributed by atoms with van der Waals surface area (Å²) in [6.45, 7) is 1.44. The highest BCUT2D eigenvalue weighted by Crippen LogP contribution is 2.30. The second-order valence-electron chi connectivity index (χ2n) is 3.90. The topological polar surface area (TPSA) is 71.2 Å². The molecule has 0 fully saturated rings. The third kappa shape index (κ3) is 2.77. The normalized spacial score (nSPS) is 11.7. The Balaban J connectivity index is 2.47. The zero-order valence-electron chi connectivity index (χ0n) is 9.76. The number of aryl methyl sites for hydroxylation is 1. The van der Waals surface area contributed by atoms with Gasteiger partial charge in [-0.1, -0.05) is 6.07 Å². The molecule has 0 bridgehead atoms. The quantitative estimate of drug-likeness (QED) is 0.769. The van der Waals surface area contributed by atoms with Crippen LogP contribution in [-0.4, -0.2) is 31.9 Å². The van der Waals surface area contributed by atoms with Crippen LogP contribution in [0.5, 0.6) is 0 Å². The lowest BCUT2D eigenvalue weighted by atomic mass is 9.82. The van der Waals surface area contributed by atoms with Crippen LogP contribution in [0.1, 0.15) is 11.4 Å². The number of halogens is 3. The Bertz CT molecular complexity index is 581. The Morgan fingerprint density at radius 1 is 1.26 bits per heavy atom. The summed E-state index contributed by atoms with van der Waals surface area (Å²) < 4.78 is 39.0. The lowest BCUT2D eigenvalue weighted by Gasteiger charge is -2.09. The van der Waals surface area contributed by atoms with E-state index >= 15 is 0 Å². The molecule has 100 valence electrons. The highest BCUT2D eigenvalue weighted by molar-refractivity contribution is 6.58. The van der Waals surface area contributed by atoms with Crippen LogP contribution in [0.4, 0.5) is 13.2 Å². The predicted molar refractivity (Wildman–Crippen MR) is 60.9 cm³/mol. The van der Waals surface area contributed by atoms with Gasteiger partial charge in [-0.25, -0.2) is 9.67 Å². The Hall–Kier alpha value is -1.87. The number of rotatable bonds is 2. The maximum atomic E-state index is 12.8. The van der Waals surface area contributed by atoms with E-state index in [0.29, 0.717) is 4.68 Å². The van der Waals surface area contributed by atoms with Gasteiger partial charge in [-0.15, -0.1) is 0 Å². The van der Waals surface area contributed by atoms with Crippen LogP contribution in [0.15, 0.2) is 24.4 Å². The maximum absolute atomic E-state index is 12.8. The van der Waals surface area contributed by atoms with Crippen LogP contribution >= 0.6 is 0 Å². The van der Waals surface area contributed by atoms with Crippen molar-refractivity contribution in [3.63, 3.8) is 0 Å². The van der Waals surface area contributed by atoms with Crippen molar-refractivity contribution in [1.82, 2.24) is 14.8 Å². The van der Waals surface area contributed by atoms with E-state index < -0.39 is 19.0 Å². The second-order valence-corrected chi connectivity index (χ2v) is 3.90. The zero-order chi connectivity index (χ0) is 14.2. The molecule has 2 rings (SSSR count). The summed E-state index contributed by atoms with van der Waals surface area (Å²) in [5.74, 6) is -0.0511. The van der Waals surface area contributed by atoms with E-state index in [2.05, 4.69) is 10.1 Å². The van der Waals surface area contributed by atoms with Crippen LogP contribution in [0.3, 0.4) is 0 Å². The largest absolute Gasteiger partial charge is 0.490 e. The van der Waals surface area contributed by atoms with Crippen LogP contribution < -0.4 is 5.46 Å². The first kappa shape index (κ1) is 13.6. The summed E-state index contributed by atoms with van der Waals surface area (Å²) in [4.78, 5) is 3.74. The zero-order valence-corrected chi connectivity index (χ0v) is 9.76. The van der Waals surface area contributed by atoms with Gasteiger partial charge in [0.2, 0.25) is 0 Å². The van der Waals surface area contributed by atoms with Crippen LogP contribution in [0.25, 0.3) is 5.82 Å². The molecule has 0 radical (unpaired) electrons. The van der Waals surface area contributed by atoms with Gasteiger partial charge in [-0.05, 0) is 19.1 Å². The monoisotopic (exact) mass is 271 g/mol. The minimum Gasteiger partial charge on any atom is -0.423 e. The van der Waals surface area contributed by atoms with Gasteiger partial charge in [-0.2, -0.15) is 18.3 Å². The molecular weight excluding hydrogens is 262 g/mol. The fraction of sp³-hybridized carbons (Fsp3) is 0.200. The van der Waals surface area contributed by atoms with Crippen molar-refractivity contribution in [2.45, 2.75) is 13.1 Å². The van der Waals surface area contributed by atoms with Crippen molar-refractivity contribution in [1.29, 1.82) is 0 Å². The first-order valence-electron chi connectivity index (χ1n) is 5.25. The second kappa shape index (κ2) is 4.67. The van der Waals surface area contributed by atoms with Gasteiger partial charge in [0.25, 0.3) is 0 Å². The van der Waals surface area contributed by atoms with Crippen molar-refractivity contribution < 1.29 is 23.2 Å². The molecule has 2 aromatic rings. The van der Waals surface area contributed by atoms with Crippen LogP contribution in [0.2, 0.25) is 0 Å². The molecule has 0 aliphatic rings. The Labute approximate surface area is 106 Å². The third-order valence-corrected chi connectivity index (χ3v) is 2.41. The number of alkyl halides is 3. The van der Waals surface area contributed by atoms with E-state index in [9.17, 15) is 13.2 Å². The van der Waals surface area contributed by atoms with E-state index in [4.69, 9.17) is 10.0 Å². The maximum Gasteiger partial charge on any atom is 0.490 e. The van der Waals surface area contributed by atoms with Gasteiger partial charge in [0.1, 0.15) is 5.69 Å². The number of hydrogen-bond acceptors (Lipinski definition) is 4. The number of hydrogen-bond donors (Lipinski definition) is 2.